The lowest BCUT2D eigenvalue weighted by molar-refractivity contribution is -0.248. The molecule has 1 atom stereocenters. The number of carbonyl (C=O) groups excluding carboxylic acids is 1. The Morgan fingerprint density at radius 2 is 1.29 bits per heavy atom. The highest BCUT2D eigenvalue weighted by Gasteiger charge is 2.66. The van der Waals surface area contributed by atoms with Crippen LogP contribution in [-0.2, 0) is 14.9 Å². The summed E-state index contributed by atoms with van der Waals surface area (Å²) in [6.45, 7) is 0. The Bertz CT molecular complexity index is 1370. The number of esters is 1. The van der Waals surface area contributed by atoms with Gasteiger partial charge in [-0.3, -0.25) is 4.55 Å². The first-order valence-corrected chi connectivity index (χ1v) is 10.0. The maximum absolute atomic E-state index is 13.7. The van der Waals surface area contributed by atoms with Crippen molar-refractivity contribution in [3.8, 4) is 0 Å². The molecular weight excluding hydrogens is 447 g/mol. The van der Waals surface area contributed by atoms with Crippen molar-refractivity contribution in [2.24, 2.45) is 0 Å². The van der Waals surface area contributed by atoms with Gasteiger partial charge in [-0.2, -0.15) is 30.4 Å². The minimum atomic E-state index is -6.52. The second kappa shape index (κ2) is 6.72. The summed E-state index contributed by atoms with van der Waals surface area (Å²) in [5.41, 5.74) is -0.494. The average molecular weight is 458 g/mol. The number of carbonyl (C=O) groups is 1. The van der Waals surface area contributed by atoms with Gasteiger partial charge in [0.25, 0.3) is 6.10 Å². The van der Waals surface area contributed by atoms with Gasteiger partial charge in [0.05, 0.1) is 5.56 Å². The van der Waals surface area contributed by atoms with Gasteiger partial charge in [0.2, 0.25) is 0 Å². The van der Waals surface area contributed by atoms with E-state index >= 15 is 0 Å². The molecular formula is C20H11F5O5S. The maximum atomic E-state index is 13.7. The van der Waals surface area contributed by atoms with E-state index in [-0.39, 0.29) is 0 Å². The van der Waals surface area contributed by atoms with E-state index in [4.69, 9.17) is 4.55 Å². The molecule has 0 aliphatic carbocycles. The largest absolute Gasteiger partial charge is 0.441 e. The van der Waals surface area contributed by atoms with Gasteiger partial charge < -0.3 is 4.74 Å². The first-order valence-electron chi connectivity index (χ1n) is 8.61. The van der Waals surface area contributed by atoms with E-state index in [1.54, 1.807) is 24.3 Å². The Hall–Kier alpha value is -3.05. The molecule has 0 aromatic heterocycles. The fourth-order valence-corrected chi connectivity index (χ4v) is 3.96. The first-order chi connectivity index (χ1) is 14.3. The first kappa shape index (κ1) is 21.2. The quantitative estimate of drug-likeness (QED) is 0.198. The van der Waals surface area contributed by atoms with Crippen LogP contribution in [0.3, 0.4) is 0 Å². The van der Waals surface area contributed by atoms with Crippen LogP contribution in [0, 0.1) is 0 Å². The Labute approximate surface area is 171 Å². The molecule has 1 N–H and O–H groups in total. The fraction of sp³-hybridized carbons (Fsp3) is 0.150. The topological polar surface area (TPSA) is 80.7 Å². The molecule has 0 saturated heterocycles. The molecule has 0 fully saturated rings. The number of ether oxygens (including phenoxy) is 1. The highest BCUT2D eigenvalue weighted by molar-refractivity contribution is 7.86. The van der Waals surface area contributed by atoms with Crippen LogP contribution in [0.25, 0.3) is 32.3 Å². The zero-order valence-electron chi connectivity index (χ0n) is 15.2. The van der Waals surface area contributed by atoms with E-state index in [0.29, 0.717) is 16.2 Å². The Morgan fingerprint density at radius 1 is 0.839 bits per heavy atom. The van der Waals surface area contributed by atoms with Crippen LogP contribution in [0.15, 0.2) is 54.6 Å². The molecule has 0 radical (unpaired) electrons. The Balaban J connectivity index is 1.81. The standard InChI is InChI=1S/C20H11F5O5S/c21-19(22,23)18(20(24,25)31(27,28)29)30-17(26)14-8-12-6-4-10-2-1-3-11-5-7-13(9-14)16(12)15(10)11/h1-9,18H,(H,27,28,29). The lowest BCUT2D eigenvalue weighted by atomic mass is 9.93. The van der Waals surface area contributed by atoms with Crippen molar-refractivity contribution in [1.29, 1.82) is 0 Å². The Morgan fingerprint density at radius 3 is 1.74 bits per heavy atom. The van der Waals surface area contributed by atoms with E-state index in [1.165, 1.54) is 0 Å². The maximum Gasteiger partial charge on any atom is 0.432 e. The fourth-order valence-electron chi connectivity index (χ4n) is 3.51. The van der Waals surface area contributed by atoms with E-state index in [2.05, 4.69) is 4.74 Å². The predicted molar refractivity (Wildman–Crippen MR) is 102 cm³/mol. The predicted octanol–water partition coefficient (Wildman–Crippen LogP) is 5.15. The molecule has 0 spiro atoms. The number of rotatable bonds is 4. The zero-order chi connectivity index (χ0) is 22.8. The second-order valence-corrected chi connectivity index (χ2v) is 8.37. The molecule has 5 nitrogen and oxygen atoms in total. The molecule has 0 heterocycles. The molecule has 4 aromatic rings. The van der Waals surface area contributed by atoms with Gasteiger partial charge in [-0.25, -0.2) is 4.79 Å². The molecule has 0 bridgehead atoms. The van der Waals surface area contributed by atoms with Crippen molar-refractivity contribution in [3.63, 3.8) is 0 Å². The average Bonchev–Trinajstić information content (AvgIpc) is 2.68. The van der Waals surface area contributed by atoms with Gasteiger partial charge in [0.15, 0.2) is 0 Å². The van der Waals surface area contributed by atoms with Crippen LogP contribution in [-0.4, -0.2) is 36.5 Å². The molecule has 4 aromatic carbocycles. The van der Waals surface area contributed by atoms with Crippen molar-refractivity contribution < 1.29 is 44.5 Å². The molecule has 0 amide bonds. The van der Waals surface area contributed by atoms with Crippen LogP contribution in [0.2, 0.25) is 0 Å². The number of hydrogen-bond donors (Lipinski definition) is 1. The smallest absolute Gasteiger partial charge is 0.432 e. The zero-order valence-corrected chi connectivity index (χ0v) is 16.0. The summed E-state index contributed by atoms with van der Waals surface area (Å²) in [7, 11) is -6.52. The summed E-state index contributed by atoms with van der Waals surface area (Å²) in [6.07, 6.45) is -10.4. The highest BCUT2D eigenvalue weighted by Crippen LogP contribution is 2.39. The molecule has 0 aliphatic heterocycles. The Kier molecular flexibility index (Phi) is 4.60. The summed E-state index contributed by atoms with van der Waals surface area (Å²) < 4.78 is 101. The number of alkyl halides is 5. The third kappa shape index (κ3) is 3.43. The van der Waals surface area contributed by atoms with Gasteiger partial charge in [0, 0.05) is 0 Å². The molecule has 0 aliphatic rings. The van der Waals surface area contributed by atoms with Gasteiger partial charge >= 0.3 is 27.5 Å². The normalized spacial score (nSPS) is 14.4. The van der Waals surface area contributed by atoms with Crippen molar-refractivity contribution >= 4 is 48.4 Å². The minimum absolute atomic E-state index is 0.443. The van der Waals surface area contributed by atoms with Gasteiger partial charge in [-0.05, 0) is 44.5 Å². The number of halogens is 5. The highest BCUT2D eigenvalue weighted by atomic mass is 32.2. The van der Waals surface area contributed by atoms with E-state index in [1.807, 2.05) is 18.2 Å². The lowest BCUT2D eigenvalue weighted by Gasteiger charge is -2.26. The minimum Gasteiger partial charge on any atom is -0.441 e. The monoisotopic (exact) mass is 458 g/mol. The molecule has 162 valence electrons. The van der Waals surface area contributed by atoms with Crippen LogP contribution in [0.5, 0.6) is 0 Å². The van der Waals surface area contributed by atoms with Crippen LogP contribution in [0.1, 0.15) is 10.4 Å². The van der Waals surface area contributed by atoms with Crippen molar-refractivity contribution in [2.45, 2.75) is 17.5 Å². The van der Waals surface area contributed by atoms with Gasteiger partial charge in [-0.15, -0.1) is 0 Å². The summed E-state index contributed by atoms with van der Waals surface area (Å²) in [5.74, 6) is -1.82. The SMILES string of the molecule is O=C(OC(C(F)(F)F)C(F)(F)S(=O)(=O)O)c1cc2ccc3cccc4ccc(c1)c2c34. The van der Waals surface area contributed by atoms with E-state index in [9.17, 15) is 35.2 Å². The molecule has 0 saturated carbocycles. The number of hydrogen-bond acceptors (Lipinski definition) is 4. The van der Waals surface area contributed by atoms with Gasteiger partial charge in [-0.1, -0.05) is 42.5 Å². The molecule has 11 heteroatoms. The summed E-state index contributed by atoms with van der Waals surface area (Å²) in [4.78, 5) is 12.3. The third-order valence-electron chi connectivity index (χ3n) is 4.87. The van der Waals surface area contributed by atoms with Crippen LogP contribution in [0.4, 0.5) is 22.0 Å². The van der Waals surface area contributed by atoms with Crippen LogP contribution < -0.4 is 0 Å². The van der Waals surface area contributed by atoms with Gasteiger partial charge in [0.1, 0.15) is 0 Å². The third-order valence-corrected chi connectivity index (χ3v) is 5.77. The van der Waals surface area contributed by atoms with Crippen molar-refractivity contribution in [3.05, 3.63) is 60.2 Å². The second-order valence-electron chi connectivity index (χ2n) is 6.87. The molecule has 1 unspecified atom stereocenters. The van der Waals surface area contributed by atoms with Crippen molar-refractivity contribution in [2.75, 3.05) is 0 Å². The van der Waals surface area contributed by atoms with E-state index in [0.717, 1.165) is 28.3 Å². The summed E-state index contributed by atoms with van der Waals surface area (Å²) in [6, 6.07) is 14.5. The van der Waals surface area contributed by atoms with E-state index < -0.39 is 39.2 Å². The summed E-state index contributed by atoms with van der Waals surface area (Å²) in [5, 5.41) is -1.58. The lowest BCUT2D eigenvalue weighted by Crippen LogP contribution is -2.52. The van der Waals surface area contributed by atoms with Crippen molar-refractivity contribution in [1.82, 2.24) is 0 Å². The summed E-state index contributed by atoms with van der Waals surface area (Å²) >= 11 is 0. The van der Waals surface area contributed by atoms with Crippen LogP contribution >= 0.6 is 0 Å². The number of benzene rings is 4. The molecule has 4 rings (SSSR count). The molecule has 31 heavy (non-hydrogen) atoms.